The number of hydrogen-bond donors (Lipinski definition) is 0. The van der Waals surface area contributed by atoms with Crippen LogP contribution in [0.25, 0.3) is 0 Å². The predicted octanol–water partition coefficient (Wildman–Crippen LogP) is 1.32. The molecule has 0 amide bonds. The molecular formula is C9H10O2. The van der Waals surface area contributed by atoms with Gasteiger partial charge in [0.15, 0.2) is 5.78 Å². The molecule has 1 atom stereocenters. The fraction of sp³-hybridized carbons (Fsp3) is 0.222. The first-order chi connectivity index (χ1) is 5.17. The highest BCUT2D eigenvalue weighted by molar-refractivity contribution is 5.95. The predicted molar refractivity (Wildman–Crippen MR) is 43.8 cm³/mol. The molecule has 1 unspecified atom stereocenters. The monoisotopic (exact) mass is 150 g/mol. The van der Waals surface area contributed by atoms with Gasteiger partial charge in [-0.25, -0.2) is 4.79 Å². The van der Waals surface area contributed by atoms with Crippen LogP contribution in [0.5, 0.6) is 0 Å². The van der Waals surface area contributed by atoms with Gasteiger partial charge >= 0.3 is 0 Å². The average Bonchev–Trinajstić information content (AvgIpc) is 2.05. The Hall–Kier alpha value is -1.40. The lowest BCUT2D eigenvalue weighted by Crippen LogP contribution is -2.10. The third kappa shape index (κ3) is 2.36. The molecule has 0 saturated carbocycles. The summed E-state index contributed by atoms with van der Waals surface area (Å²) in [4.78, 5) is 21.1. The molecule has 0 spiro atoms. The molecule has 0 saturated heterocycles. The third-order valence-electron chi connectivity index (χ3n) is 1.37. The van der Waals surface area contributed by atoms with E-state index < -0.39 is 5.92 Å². The van der Waals surface area contributed by atoms with Crippen LogP contribution in [0.15, 0.2) is 30.9 Å². The summed E-state index contributed by atoms with van der Waals surface area (Å²) in [5.41, 5.74) is 0.338. The Morgan fingerprint density at radius 2 is 2.09 bits per heavy atom. The third-order valence-corrected chi connectivity index (χ3v) is 1.37. The zero-order valence-corrected chi connectivity index (χ0v) is 6.46. The van der Waals surface area contributed by atoms with Crippen LogP contribution < -0.4 is 0 Å². The first kappa shape index (κ1) is 9.60. The minimum Gasteiger partial charge on any atom is -0.294 e. The van der Waals surface area contributed by atoms with Crippen LogP contribution in [0, 0.1) is 5.92 Å². The van der Waals surface area contributed by atoms with E-state index in [0.29, 0.717) is 5.57 Å². The van der Waals surface area contributed by atoms with Crippen molar-refractivity contribution in [2.45, 2.75) is 6.92 Å². The van der Waals surface area contributed by atoms with E-state index in [1.165, 1.54) is 12.2 Å². The molecule has 0 aromatic heterocycles. The Labute approximate surface area is 65.9 Å². The molecule has 0 rings (SSSR count). The highest BCUT2D eigenvalue weighted by atomic mass is 16.1. The Morgan fingerprint density at radius 1 is 1.55 bits per heavy atom. The maximum absolute atomic E-state index is 11.0. The van der Waals surface area contributed by atoms with E-state index in [0.717, 1.165) is 0 Å². The first-order valence-electron chi connectivity index (χ1n) is 3.17. The summed E-state index contributed by atoms with van der Waals surface area (Å²) in [5, 5.41) is 0. The maximum Gasteiger partial charge on any atom is 0.166 e. The normalized spacial score (nSPS) is 11.0. The summed E-state index contributed by atoms with van der Waals surface area (Å²) in [5.74, 6) is 0.886. The van der Waals surface area contributed by atoms with Crippen LogP contribution in [0.2, 0.25) is 0 Å². The van der Waals surface area contributed by atoms with Crippen molar-refractivity contribution in [1.29, 1.82) is 0 Å². The minimum atomic E-state index is -0.551. The van der Waals surface area contributed by atoms with Crippen LogP contribution in [0.4, 0.5) is 0 Å². The molecule has 0 aliphatic heterocycles. The van der Waals surface area contributed by atoms with Crippen molar-refractivity contribution in [3.63, 3.8) is 0 Å². The Bertz CT molecular complexity index is 232. The molecule has 11 heavy (non-hydrogen) atoms. The number of allylic oxidation sites excluding steroid dienone is 3. The number of ketones is 1. The van der Waals surface area contributed by atoms with Gasteiger partial charge in [-0.3, -0.25) is 4.79 Å². The lowest BCUT2D eigenvalue weighted by Gasteiger charge is -2.03. The lowest BCUT2D eigenvalue weighted by atomic mass is 9.97. The van der Waals surface area contributed by atoms with Gasteiger partial charge in [0, 0.05) is 5.57 Å². The van der Waals surface area contributed by atoms with Gasteiger partial charge in [-0.15, -0.1) is 6.58 Å². The molecule has 58 valence electrons. The van der Waals surface area contributed by atoms with E-state index >= 15 is 0 Å². The van der Waals surface area contributed by atoms with Gasteiger partial charge in [-0.05, 0) is 13.0 Å². The van der Waals surface area contributed by atoms with Crippen LogP contribution in [-0.2, 0) is 9.59 Å². The van der Waals surface area contributed by atoms with E-state index in [1.807, 2.05) is 0 Å². The molecule has 0 aliphatic carbocycles. The van der Waals surface area contributed by atoms with Crippen molar-refractivity contribution in [3.8, 4) is 0 Å². The smallest absolute Gasteiger partial charge is 0.166 e. The molecule has 0 aromatic rings. The van der Waals surface area contributed by atoms with Gasteiger partial charge in [0.25, 0.3) is 0 Å². The zero-order chi connectivity index (χ0) is 8.85. The summed E-state index contributed by atoms with van der Waals surface area (Å²) in [6.07, 6.45) is 2.58. The van der Waals surface area contributed by atoms with Gasteiger partial charge < -0.3 is 0 Å². The van der Waals surface area contributed by atoms with Crippen LogP contribution >= 0.6 is 0 Å². The first-order valence-corrected chi connectivity index (χ1v) is 3.17. The number of rotatable bonds is 4. The van der Waals surface area contributed by atoms with Gasteiger partial charge in [0.1, 0.15) is 5.94 Å². The standard InChI is InChI=1S/C9H10O2/c1-4-8(7(3)6-10)9(11)5-2/h4-5,8H,1-2H2,3H3. The summed E-state index contributed by atoms with van der Waals surface area (Å²) in [7, 11) is 0. The number of hydrogen-bond acceptors (Lipinski definition) is 2. The van der Waals surface area contributed by atoms with E-state index in [9.17, 15) is 9.59 Å². The summed E-state index contributed by atoms with van der Waals surface area (Å²) in [6.45, 7) is 8.28. The molecule has 2 heteroatoms. The van der Waals surface area contributed by atoms with E-state index in [-0.39, 0.29) is 5.78 Å². The number of carbonyl (C=O) groups is 1. The fourth-order valence-corrected chi connectivity index (χ4v) is 0.697. The number of carbonyl (C=O) groups excluding carboxylic acids is 2. The van der Waals surface area contributed by atoms with Crippen LogP contribution in [0.1, 0.15) is 6.92 Å². The van der Waals surface area contributed by atoms with Gasteiger partial charge in [0.2, 0.25) is 0 Å². The van der Waals surface area contributed by atoms with Crippen molar-refractivity contribution < 1.29 is 9.59 Å². The zero-order valence-electron chi connectivity index (χ0n) is 6.46. The van der Waals surface area contributed by atoms with E-state index in [4.69, 9.17) is 0 Å². The lowest BCUT2D eigenvalue weighted by molar-refractivity contribution is -0.116. The van der Waals surface area contributed by atoms with Gasteiger partial charge in [-0.2, -0.15) is 0 Å². The molecular weight excluding hydrogens is 140 g/mol. The quantitative estimate of drug-likeness (QED) is 0.344. The highest BCUT2D eigenvalue weighted by Gasteiger charge is 2.13. The second-order valence-corrected chi connectivity index (χ2v) is 2.10. The second-order valence-electron chi connectivity index (χ2n) is 2.10. The van der Waals surface area contributed by atoms with Crippen molar-refractivity contribution in [2.75, 3.05) is 0 Å². The van der Waals surface area contributed by atoms with Crippen LogP contribution in [-0.4, -0.2) is 11.7 Å². The summed E-state index contributed by atoms with van der Waals surface area (Å²) in [6, 6.07) is 0. The Kier molecular flexibility index (Phi) is 3.86. The van der Waals surface area contributed by atoms with Crippen molar-refractivity contribution >= 4 is 11.7 Å². The Morgan fingerprint density at radius 3 is 2.36 bits per heavy atom. The minimum absolute atomic E-state index is 0.221. The fourth-order valence-electron chi connectivity index (χ4n) is 0.697. The largest absolute Gasteiger partial charge is 0.294 e. The van der Waals surface area contributed by atoms with Gasteiger partial charge in [-0.1, -0.05) is 12.7 Å². The maximum atomic E-state index is 11.0. The molecule has 0 bridgehead atoms. The van der Waals surface area contributed by atoms with Crippen molar-refractivity contribution in [1.82, 2.24) is 0 Å². The Balaban J connectivity index is 4.67. The van der Waals surface area contributed by atoms with Crippen molar-refractivity contribution in [2.24, 2.45) is 5.92 Å². The molecule has 0 N–H and O–H groups in total. The molecule has 2 nitrogen and oxygen atoms in total. The molecule has 0 radical (unpaired) electrons. The molecule has 0 aromatic carbocycles. The molecule has 0 heterocycles. The summed E-state index contributed by atoms with van der Waals surface area (Å²) < 4.78 is 0. The SMILES string of the molecule is C=CC(=O)C(C=C)C(C)=C=O. The molecule has 0 fully saturated rings. The highest BCUT2D eigenvalue weighted by Crippen LogP contribution is 2.09. The topological polar surface area (TPSA) is 34.1 Å². The van der Waals surface area contributed by atoms with E-state index in [1.54, 1.807) is 12.9 Å². The van der Waals surface area contributed by atoms with E-state index in [2.05, 4.69) is 13.2 Å². The summed E-state index contributed by atoms with van der Waals surface area (Å²) >= 11 is 0. The van der Waals surface area contributed by atoms with Gasteiger partial charge in [0.05, 0.1) is 5.92 Å². The molecule has 0 aliphatic rings. The second kappa shape index (κ2) is 4.42. The van der Waals surface area contributed by atoms with Crippen LogP contribution in [0.3, 0.4) is 0 Å². The van der Waals surface area contributed by atoms with Crippen molar-refractivity contribution in [3.05, 3.63) is 30.9 Å². The average molecular weight is 150 g/mol.